The number of para-hydroxylation sites is 1. The van der Waals surface area contributed by atoms with Gasteiger partial charge in [-0.2, -0.15) is 0 Å². The number of aromatic nitrogens is 2. The van der Waals surface area contributed by atoms with E-state index in [0.717, 1.165) is 28.2 Å². The molecule has 31 heavy (non-hydrogen) atoms. The topological polar surface area (TPSA) is 75.9 Å². The third-order valence-corrected chi connectivity index (χ3v) is 5.15. The van der Waals surface area contributed by atoms with Crippen molar-refractivity contribution in [3.05, 3.63) is 84.2 Å². The first-order valence-electron chi connectivity index (χ1n) is 9.74. The lowest BCUT2D eigenvalue weighted by Gasteiger charge is -2.19. The maximum atomic E-state index is 13.1. The van der Waals surface area contributed by atoms with Crippen molar-refractivity contribution in [3.63, 3.8) is 0 Å². The quantitative estimate of drug-likeness (QED) is 0.522. The number of fused-ring (bicyclic) bond motifs is 1. The Kier molecular flexibility index (Phi) is 5.41. The minimum Gasteiger partial charge on any atom is -0.453 e. The second kappa shape index (κ2) is 8.31. The monoisotopic (exact) mass is 414 g/mol. The van der Waals surface area contributed by atoms with E-state index in [1.165, 1.54) is 7.11 Å². The average molecular weight is 414 g/mol. The van der Waals surface area contributed by atoms with Crippen LogP contribution in [0.1, 0.15) is 15.9 Å². The molecule has 0 spiro atoms. The van der Waals surface area contributed by atoms with Crippen molar-refractivity contribution in [2.45, 2.75) is 6.92 Å². The molecule has 7 nitrogen and oxygen atoms in total. The fourth-order valence-corrected chi connectivity index (χ4v) is 3.46. The number of pyridine rings is 1. The Bertz CT molecular complexity index is 1260. The van der Waals surface area contributed by atoms with Gasteiger partial charge in [-0.25, -0.2) is 9.78 Å². The molecule has 0 unspecified atom stereocenters. The summed E-state index contributed by atoms with van der Waals surface area (Å²) in [6, 6.07) is 18.7. The largest absolute Gasteiger partial charge is 0.453 e. The van der Waals surface area contributed by atoms with E-state index >= 15 is 0 Å². The lowest BCUT2D eigenvalue weighted by molar-refractivity contribution is 0.0992. The van der Waals surface area contributed by atoms with Crippen molar-refractivity contribution < 1.29 is 14.3 Å². The molecular formula is C24H22N4O3. The first-order valence-corrected chi connectivity index (χ1v) is 9.74. The van der Waals surface area contributed by atoms with Crippen molar-refractivity contribution >= 4 is 29.0 Å². The number of benzene rings is 2. The fraction of sp³-hybridized carbons (Fsp3) is 0.125. The van der Waals surface area contributed by atoms with E-state index in [1.54, 1.807) is 42.5 Å². The zero-order valence-electron chi connectivity index (χ0n) is 17.5. The molecule has 2 heterocycles. The Morgan fingerprint density at radius 1 is 1.03 bits per heavy atom. The van der Waals surface area contributed by atoms with Gasteiger partial charge in [0.1, 0.15) is 5.65 Å². The number of hydrogen-bond donors (Lipinski definition) is 1. The molecule has 1 N–H and O–H groups in total. The van der Waals surface area contributed by atoms with E-state index in [9.17, 15) is 9.59 Å². The number of anilines is 2. The van der Waals surface area contributed by atoms with Crippen LogP contribution in [0.4, 0.5) is 16.2 Å². The van der Waals surface area contributed by atoms with Crippen molar-refractivity contribution in [1.82, 2.24) is 9.38 Å². The summed E-state index contributed by atoms with van der Waals surface area (Å²) in [6.07, 6.45) is 3.04. The minimum absolute atomic E-state index is 0.103. The smallest absolute Gasteiger partial charge is 0.411 e. The SMILES string of the molecule is COC(=O)Nc1ccc(-c2cnc3ccc(C(=O)N(C)c4ccccc4C)cn23)cc1. The van der Waals surface area contributed by atoms with E-state index in [0.29, 0.717) is 11.3 Å². The molecule has 2 aromatic carbocycles. The van der Waals surface area contributed by atoms with Crippen molar-refractivity contribution in [1.29, 1.82) is 0 Å². The number of carbonyl (C=O) groups is 2. The summed E-state index contributed by atoms with van der Waals surface area (Å²) < 4.78 is 6.50. The van der Waals surface area contributed by atoms with Gasteiger partial charge in [-0.15, -0.1) is 0 Å². The Morgan fingerprint density at radius 3 is 2.48 bits per heavy atom. The molecule has 156 valence electrons. The molecule has 0 radical (unpaired) electrons. The molecule has 4 aromatic rings. The number of methoxy groups -OCH3 is 1. The van der Waals surface area contributed by atoms with Gasteiger partial charge in [-0.3, -0.25) is 14.5 Å². The third-order valence-electron chi connectivity index (χ3n) is 5.15. The van der Waals surface area contributed by atoms with E-state index in [4.69, 9.17) is 0 Å². The number of carbonyl (C=O) groups excluding carboxylic acids is 2. The predicted molar refractivity (Wildman–Crippen MR) is 121 cm³/mol. The van der Waals surface area contributed by atoms with E-state index < -0.39 is 6.09 Å². The molecule has 2 aromatic heterocycles. The summed E-state index contributed by atoms with van der Waals surface area (Å²) in [5, 5.41) is 2.62. The van der Waals surface area contributed by atoms with Gasteiger partial charge in [0, 0.05) is 30.2 Å². The van der Waals surface area contributed by atoms with Gasteiger partial charge in [0.05, 0.1) is 24.6 Å². The van der Waals surface area contributed by atoms with Crippen LogP contribution < -0.4 is 10.2 Å². The summed E-state index contributed by atoms with van der Waals surface area (Å²) in [5.41, 5.74) is 5.56. The molecule has 0 bridgehead atoms. The number of nitrogens with one attached hydrogen (secondary N) is 1. The highest BCUT2D eigenvalue weighted by atomic mass is 16.5. The number of imidazole rings is 1. The maximum Gasteiger partial charge on any atom is 0.411 e. The Hall–Kier alpha value is -4.13. The molecule has 4 rings (SSSR count). The van der Waals surface area contributed by atoms with Gasteiger partial charge in [-0.05, 0) is 42.8 Å². The number of hydrogen-bond acceptors (Lipinski definition) is 4. The zero-order valence-corrected chi connectivity index (χ0v) is 17.5. The molecule has 2 amide bonds. The Labute approximate surface area is 179 Å². The summed E-state index contributed by atoms with van der Waals surface area (Å²) in [4.78, 5) is 30.6. The predicted octanol–water partition coefficient (Wildman–Crippen LogP) is 4.76. The summed E-state index contributed by atoms with van der Waals surface area (Å²) in [5.74, 6) is -0.103. The van der Waals surface area contributed by atoms with Gasteiger partial charge in [0.15, 0.2) is 0 Å². The highest BCUT2D eigenvalue weighted by Crippen LogP contribution is 2.25. The Balaban J connectivity index is 1.66. The van der Waals surface area contributed by atoms with Crippen LogP contribution in [0.25, 0.3) is 16.9 Å². The first-order chi connectivity index (χ1) is 15.0. The van der Waals surface area contributed by atoms with Crippen LogP contribution in [0.5, 0.6) is 0 Å². The van der Waals surface area contributed by atoms with Gasteiger partial charge in [0.25, 0.3) is 5.91 Å². The summed E-state index contributed by atoms with van der Waals surface area (Å²) in [6.45, 7) is 1.98. The van der Waals surface area contributed by atoms with Gasteiger partial charge in [0.2, 0.25) is 0 Å². The summed E-state index contributed by atoms with van der Waals surface area (Å²) in [7, 11) is 3.09. The number of aryl methyl sites for hydroxylation is 1. The standard InChI is InChI=1S/C24H22N4O3/c1-16-6-4-5-7-20(16)27(2)23(29)18-10-13-22-25-14-21(28(22)15-18)17-8-11-19(12-9-17)26-24(30)31-3/h4-15H,1-3H3,(H,26,30). The zero-order chi connectivity index (χ0) is 22.0. The molecule has 0 saturated carbocycles. The molecule has 0 saturated heterocycles. The highest BCUT2D eigenvalue weighted by Gasteiger charge is 2.17. The van der Waals surface area contributed by atoms with Crippen LogP contribution in [-0.4, -0.2) is 35.5 Å². The van der Waals surface area contributed by atoms with Crippen LogP contribution >= 0.6 is 0 Å². The number of nitrogens with zero attached hydrogens (tertiary/aromatic N) is 3. The van der Waals surface area contributed by atoms with Crippen molar-refractivity contribution in [2.24, 2.45) is 0 Å². The third kappa shape index (κ3) is 3.98. The minimum atomic E-state index is -0.525. The normalized spacial score (nSPS) is 10.7. The molecule has 0 atom stereocenters. The van der Waals surface area contributed by atoms with Gasteiger partial charge < -0.3 is 9.64 Å². The van der Waals surface area contributed by atoms with Crippen molar-refractivity contribution in [3.8, 4) is 11.3 Å². The fourth-order valence-electron chi connectivity index (χ4n) is 3.46. The highest BCUT2D eigenvalue weighted by molar-refractivity contribution is 6.06. The van der Waals surface area contributed by atoms with Crippen LogP contribution in [0.2, 0.25) is 0 Å². The lowest BCUT2D eigenvalue weighted by Crippen LogP contribution is -2.27. The lowest BCUT2D eigenvalue weighted by atomic mass is 10.1. The van der Waals surface area contributed by atoms with Gasteiger partial charge in [-0.1, -0.05) is 30.3 Å². The number of rotatable bonds is 4. The summed E-state index contributed by atoms with van der Waals surface area (Å²) >= 11 is 0. The molecule has 0 aliphatic rings. The first kappa shape index (κ1) is 20.2. The molecule has 0 aliphatic carbocycles. The van der Waals surface area contributed by atoms with E-state index in [-0.39, 0.29) is 5.91 Å². The van der Waals surface area contributed by atoms with Crippen LogP contribution in [0.15, 0.2) is 73.1 Å². The van der Waals surface area contributed by atoms with Gasteiger partial charge >= 0.3 is 6.09 Å². The second-order valence-electron chi connectivity index (χ2n) is 7.13. The second-order valence-corrected chi connectivity index (χ2v) is 7.13. The molecule has 0 aliphatic heterocycles. The number of amides is 2. The average Bonchev–Trinajstić information content (AvgIpc) is 3.22. The van der Waals surface area contributed by atoms with E-state index in [2.05, 4.69) is 15.0 Å². The Morgan fingerprint density at radius 2 is 1.77 bits per heavy atom. The van der Waals surface area contributed by atoms with Crippen LogP contribution in [-0.2, 0) is 4.74 Å². The van der Waals surface area contributed by atoms with E-state index in [1.807, 2.05) is 53.8 Å². The van der Waals surface area contributed by atoms with Crippen molar-refractivity contribution in [2.75, 3.05) is 24.4 Å². The number of ether oxygens (including phenoxy) is 1. The van der Waals surface area contributed by atoms with Crippen LogP contribution in [0.3, 0.4) is 0 Å². The molecule has 7 heteroatoms. The molecule has 0 fully saturated rings. The maximum absolute atomic E-state index is 13.1. The van der Waals surface area contributed by atoms with Crippen LogP contribution in [0, 0.1) is 6.92 Å². The molecular weight excluding hydrogens is 392 g/mol.